The molecule has 0 saturated heterocycles. The second-order valence-corrected chi connectivity index (χ2v) is 6.44. The Morgan fingerprint density at radius 3 is 2.57 bits per heavy atom. The van der Waals surface area contributed by atoms with Gasteiger partial charge in [0.1, 0.15) is 0 Å². The lowest BCUT2D eigenvalue weighted by Gasteiger charge is -2.37. The Morgan fingerprint density at radius 1 is 1.24 bits per heavy atom. The standard InChI is InChI=1S/C16H30N2O2.ClH/c1-2-10-20-16(8-4-3-5-9-16)13-18-15(19)12-17-11-14-6-7-14;/h14,17H,2-13H2,1H3,(H,18,19);1H. The van der Waals surface area contributed by atoms with Gasteiger partial charge in [-0.25, -0.2) is 0 Å². The van der Waals surface area contributed by atoms with Gasteiger partial charge in [0.25, 0.3) is 0 Å². The van der Waals surface area contributed by atoms with E-state index in [1.165, 1.54) is 32.1 Å². The van der Waals surface area contributed by atoms with Crippen molar-refractivity contribution in [1.29, 1.82) is 0 Å². The van der Waals surface area contributed by atoms with Gasteiger partial charge in [-0.15, -0.1) is 12.4 Å². The Morgan fingerprint density at radius 2 is 1.95 bits per heavy atom. The largest absolute Gasteiger partial charge is 0.373 e. The van der Waals surface area contributed by atoms with Crippen molar-refractivity contribution in [2.24, 2.45) is 5.92 Å². The molecule has 0 radical (unpaired) electrons. The Labute approximate surface area is 135 Å². The fraction of sp³-hybridized carbons (Fsp3) is 0.938. The quantitative estimate of drug-likeness (QED) is 0.687. The number of nitrogens with one attached hydrogen (secondary N) is 2. The van der Waals surface area contributed by atoms with Gasteiger partial charge in [-0.05, 0) is 44.6 Å². The highest BCUT2D eigenvalue weighted by molar-refractivity contribution is 5.85. The second kappa shape index (κ2) is 9.65. The molecule has 2 rings (SSSR count). The van der Waals surface area contributed by atoms with E-state index < -0.39 is 0 Å². The number of amides is 1. The summed E-state index contributed by atoms with van der Waals surface area (Å²) in [6, 6.07) is 0. The number of ether oxygens (including phenoxy) is 1. The molecule has 0 heterocycles. The molecule has 21 heavy (non-hydrogen) atoms. The van der Waals surface area contributed by atoms with Gasteiger partial charge >= 0.3 is 0 Å². The number of rotatable bonds is 9. The average molecular weight is 319 g/mol. The van der Waals surface area contributed by atoms with Crippen LogP contribution in [0.4, 0.5) is 0 Å². The first-order valence-electron chi connectivity index (χ1n) is 8.35. The number of carbonyl (C=O) groups is 1. The molecule has 2 aliphatic carbocycles. The minimum Gasteiger partial charge on any atom is -0.373 e. The number of halogens is 1. The van der Waals surface area contributed by atoms with Crippen molar-refractivity contribution in [3.8, 4) is 0 Å². The van der Waals surface area contributed by atoms with Gasteiger partial charge in [-0.3, -0.25) is 4.79 Å². The minimum atomic E-state index is -0.0968. The van der Waals surface area contributed by atoms with E-state index in [-0.39, 0.29) is 23.9 Å². The summed E-state index contributed by atoms with van der Waals surface area (Å²) in [6.07, 6.45) is 9.60. The molecule has 124 valence electrons. The number of hydrogen-bond acceptors (Lipinski definition) is 3. The first-order chi connectivity index (χ1) is 9.74. The lowest BCUT2D eigenvalue weighted by Crippen LogP contribution is -2.48. The summed E-state index contributed by atoms with van der Waals surface area (Å²) < 4.78 is 6.09. The molecule has 0 atom stereocenters. The van der Waals surface area contributed by atoms with Crippen molar-refractivity contribution in [3.63, 3.8) is 0 Å². The van der Waals surface area contributed by atoms with Crippen LogP contribution in [0.1, 0.15) is 58.3 Å². The van der Waals surface area contributed by atoms with Crippen LogP contribution in [0.3, 0.4) is 0 Å². The van der Waals surface area contributed by atoms with Gasteiger partial charge < -0.3 is 15.4 Å². The summed E-state index contributed by atoms with van der Waals surface area (Å²) in [5.74, 6) is 0.927. The highest BCUT2D eigenvalue weighted by Gasteiger charge is 2.33. The van der Waals surface area contributed by atoms with Crippen LogP contribution in [-0.4, -0.2) is 37.7 Å². The summed E-state index contributed by atoms with van der Waals surface area (Å²) >= 11 is 0. The van der Waals surface area contributed by atoms with Crippen molar-refractivity contribution in [2.45, 2.75) is 63.9 Å². The summed E-state index contributed by atoms with van der Waals surface area (Å²) in [5.41, 5.74) is -0.0968. The predicted octanol–water partition coefficient (Wildman–Crippen LogP) is 2.65. The molecule has 4 nitrogen and oxygen atoms in total. The average Bonchev–Trinajstić information content (AvgIpc) is 3.28. The highest BCUT2D eigenvalue weighted by Crippen LogP contribution is 2.31. The van der Waals surface area contributed by atoms with Gasteiger partial charge in [-0.1, -0.05) is 26.2 Å². The predicted molar refractivity (Wildman–Crippen MR) is 87.9 cm³/mol. The second-order valence-electron chi connectivity index (χ2n) is 6.44. The maximum atomic E-state index is 11.9. The third-order valence-corrected chi connectivity index (χ3v) is 4.40. The molecular formula is C16H31ClN2O2. The Hall–Kier alpha value is -0.320. The zero-order valence-corrected chi connectivity index (χ0v) is 14.1. The maximum absolute atomic E-state index is 11.9. The first kappa shape index (κ1) is 18.7. The maximum Gasteiger partial charge on any atom is 0.234 e. The SMILES string of the molecule is CCCOC1(CNC(=O)CNCC2CC2)CCCCC1.Cl. The molecule has 0 aliphatic heterocycles. The molecule has 0 unspecified atom stereocenters. The lowest BCUT2D eigenvalue weighted by atomic mass is 9.84. The lowest BCUT2D eigenvalue weighted by molar-refractivity contribution is -0.123. The topological polar surface area (TPSA) is 50.4 Å². The third-order valence-electron chi connectivity index (χ3n) is 4.40. The Balaban J connectivity index is 0.00000220. The number of hydrogen-bond donors (Lipinski definition) is 2. The molecule has 0 aromatic heterocycles. The molecule has 5 heteroatoms. The minimum absolute atomic E-state index is 0. The molecule has 0 bridgehead atoms. The Kier molecular flexibility index (Phi) is 8.60. The molecule has 0 aromatic rings. The monoisotopic (exact) mass is 318 g/mol. The van der Waals surface area contributed by atoms with Crippen LogP contribution in [0.15, 0.2) is 0 Å². The van der Waals surface area contributed by atoms with Crippen molar-refractivity contribution in [3.05, 3.63) is 0 Å². The van der Waals surface area contributed by atoms with Crippen molar-refractivity contribution in [2.75, 3.05) is 26.2 Å². The van der Waals surface area contributed by atoms with E-state index in [9.17, 15) is 4.79 Å². The molecule has 2 saturated carbocycles. The first-order valence-corrected chi connectivity index (χ1v) is 8.35. The molecule has 0 spiro atoms. The van der Waals surface area contributed by atoms with E-state index in [2.05, 4.69) is 17.6 Å². The van der Waals surface area contributed by atoms with Crippen molar-refractivity contribution < 1.29 is 9.53 Å². The summed E-state index contributed by atoms with van der Waals surface area (Å²) in [5, 5.41) is 6.31. The molecule has 0 aromatic carbocycles. The zero-order chi connectivity index (χ0) is 14.3. The molecule has 1 amide bonds. The third kappa shape index (κ3) is 6.98. The van der Waals surface area contributed by atoms with Crippen LogP contribution in [0.2, 0.25) is 0 Å². The van der Waals surface area contributed by atoms with Crippen LogP contribution < -0.4 is 10.6 Å². The van der Waals surface area contributed by atoms with Crippen molar-refractivity contribution >= 4 is 18.3 Å². The van der Waals surface area contributed by atoms with Gasteiger partial charge in [0, 0.05) is 13.2 Å². The van der Waals surface area contributed by atoms with Crippen LogP contribution in [0.25, 0.3) is 0 Å². The zero-order valence-electron chi connectivity index (χ0n) is 13.3. The van der Waals surface area contributed by atoms with E-state index in [4.69, 9.17) is 4.74 Å². The van der Waals surface area contributed by atoms with Gasteiger partial charge in [0.2, 0.25) is 5.91 Å². The van der Waals surface area contributed by atoms with Crippen molar-refractivity contribution in [1.82, 2.24) is 10.6 Å². The summed E-state index contributed by atoms with van der Waals surface area (Å²) in [4.78, 5) is 11.9. The number of carbonyl (C=O) groups excluding carboxylic acids is 1. The van der Waals surface area contributed by atoms with Gasteiger partial charge in [-0.2, -0.15) is 0 Å². The van der Waals surface area contributed by atoms with Crippen LogP contribution in [0, 0.1) is 5.92 Å². The molecule has 2 fully saturated rings. The fourth-order valence-electron chi connectivity index (χ4n) is 2.92. The summed E-state index contributed by atoms with van der Waals surface area (Å²) in [7, 11) is 0. The van der Waals surface area contributed by atoms with E-state index in [1.807, 2.05) is 0 Å². The van der Waals surface area contributed by atoms with Gasteiger partial charge in [0.05, 0.1) is 12.1 Å². The van der Waals surface area contributed by atoms with Crippen LogP contribution >= 0.6 is 12.4 Å². The highest BCUT2D eigenvalue weighted by atomic mass is 35.5. The van der Waals surface area contributed by atoms with E-state index in [0.29, 0.717) is 13.1 Å². The Bertz CT molecular complexity index is 303. The molecule has 2 N–H and O–H groups in total. The fourth-order valence-corrected chi connectivity index (χ4v) is 2.92. The smallest absolute Gasteiger partial charge is 0.234 e. The molecular weight excluding hydrogens is 288 g/mol. The van der Waals surface area contributed by atoms with E-state index >= 15 is 0 Å². The van der Waals surface area contributed by atoms with E-state index in [1.54, 1.807) is 0 Å². The van der Waals surface area contributed by atoms with Crippen LogP contribution in [0.5, 0.6) is 0 Å². The van der Waals surface area contributed by atoms with Crippen LogP contribution in [-0.2, 0) is 9.53 Å². The van der Waals surface area contributed by atoms with Gasteiger partial charge in [0.15, 0.2) is 0 Å². The van der Waals surface area contributed by atoms with E-state index in [0.717, 1.165) is 38.3 Å². The molecule has 2 aliphatic rings. The summed E-state index contributed by atoms with van der Waals surface area (Å²) in [6.45, 7) is 5.05. The normalized spacial score (nSPS) is 20.6.